The molecule has 4 heteroatoms. The Balaban J connectivity index is 2.33. The molecule has 3 unspecified atom stereocenters. The lowest BCUT2D eigenvalue weighted by molar-refractivity contribution is -0.123. The molecule has 0 aliphatic heterocycles. The molecule has 0 aromatic heterocycles. The normalized spacial score (nSPS) is 26.7. The van der Waals surface area contributed by atoms with Crippen LogP contribution in [-0.4, -0.2) is 31.7 Å². The zero-order chi connectivity index (χ0) is 12.0. The predicted octanol–water partition coefficient (Wildman–Crippen LogP) is 1.05. The smallest absolute Gasteiger partial charge is 0.220 e. The van der Waals surface area contributed by atoms with Gasteiger partial charge in [-0.2, -0.15) is 0 Å². The van der Waals surface area contributed by atoms with Crippen molar-refractivity contribution in [2.75, 3.05) is 13.7 Å². The van der Waals surface area contributed by atoms with Crippen LogP contribution in [-0.2, 0) is 9.53 Å². The monoisotopic (exact) mass is 228 g/mol. The van der Waals surface area contributed by atoms with Crippen LogP contribution in [0.15, 0.2) is 0 Å². The molecule has 3 atom stereocenters. The Labute approximate surface area is 97.9 Å². The minimum Gasteiger partial charge on any atom is -0.379 e. The highest BCUT2D eigenvalue weighted by Crippen LogP contribution is 2.21. The zero-order valence-electron chi connectivity index (χ0n) is 10.4. The van der Waals surface area contributed by atoms with Gasteiger partial charge in [0.15, 0.2) is 0 Å². The van der Waals surface area contributed by atoms with Crippen LogP contribution in [0.3, 0.4) is 0 Å². The number of ether oxygens (including phenoxy) is 1. The fourth-order valence-electron chi connectivity index (χ4n) is 2.30. The molecule has 3 N–H and O–H groups in total. The van der Waals surface area contributed by atoms with Gasteiger partial charge in [-0.05, 0) is 31.7 Å². The van der Waals surface area contributed by atoms with Gasteiger partial charge in [-0.1, -0.05) is 13.3 Å². The summed E-state index contributed by atoms with van der Waals surface area (Å²) in [6, 6.07) is 0.202. The Morgan fingerprint density at radius 3 is 2.88 bits per heavy atom. The molecule has 1 saturated carbocycles. The second-order valence-electron chi connectivity index (χ2n) is 4.59. The Hall–Kier alpha value is -0.610. The summed E-state index contributed by atoms with van der Waals surface area (Å²) in [6.45, 7) is 2.65. The van der Waals surface area contributed by atoms with E-state index in [9.17, 15) is 4.79 Å². The lowest BCUT2D eigenvalue weighted by atomic mass is 10.0. The van der Waals surface area contributed by atoms with Gasteiger partial charge < -0.3 is 15.8 Å². The van der Waals surface area contributed by atoms with Gasteiger partial charge in [0.25, 0.3) is 0 Å². The number of hydrogen-bond acceptors (Lipinski definition) is 3. The largest absolute Gasteiger partial charge is 0.379 e. The van der Waals surface area contributed by atoms with Gasteiger partial charge in [-0.25, -0.2) is 0 Å². The minimum absolute atomic E-state index is 0.117. The fraction of sp³-hybridized carbons (Fsp3) is 0.917. The molecule has 0 aromatic carbocycles. The van der Waals surface area contributed by atoms with Crippen molar-refractivity contribution in [2.45, 2.75) is 51.2 Å². The van der Waals surface area contributed by atoms with Crippen LogP contribution in [0.2, 0.25) is 0 Å². The van der Waals surface area contributed by atoms with Gasteiger partial charge in [0.05, 0.1) is 12.1 Å². The molecule has 4 nitrogen and oxygen atoms in total. The van der Waals surface area contributed by atoms with E-state index >= 15 is 0 Å². The third kappa shape index (κ3) is 3.76. The highest BCUT2D eigenvalue weighted by Gasteiger charge is 2.28. The van der Waals surface area contributed by atoms with Crippen LogP contribution in [0.25, 0.3) is 0 Å². The first-order valence-electron chi connectivity index (χ1n) is 6.23. The summed E-state index contributed by atoms with van der Waals surface area (Å²) in [5.41, 5.74) is 5.59. The number of carbonyl (C=O) groups excluding carboxylic acids is 1. The lowest BCUT2D eigenvalue weighted by Gasteiger charge is -2.21. The highest BCUT2D eigenvalue weighted by atomic mass is 16.5. The van der Waals surface area contributed by atoms with Crippen LogP contribution in [0.5, 0.6) is 0 Å². The number of rotatable bonds is 6. The van der Waals surface area contributed by atoms with Crippen molar-refractivity contribution in [3.8, 4) is 0 Å². The van der Waals surface area contributed by atoms with Crippen molar-refractivity contribution in [3.05, 3.63) is 0 Å². The molecule has 0 saturated heterocycles. The molecule has 94 valence electrons. The van der Waals surface area contributed by atoms with Gasteiger partial charge in [0, 0.05) is 13.5 Å². The lowest BCUT2D eigenvalue weighted by Crippen LogP contribution is -2.41. The van der Waals surface area contributed by atoms with Crippen LogP contribution in [0.1, 0.15) is 39.0 Å². The molecule has 0 aromatic rings. The third-order valence-corrected chi connectivity index (χ3v) is 3.49. The Morgan fingerprint density at radius 1 is 1.56 bits per heavy atom. The molecule has 1 rings (SSSR count). The maximum atomic E-state index is 11.8. The Morgan fingerprint density at radius 2 is 2.31 bits per heavy atom. The fourth-order valence-corrected chi connectivity index (χ4v) is 2.30. The maximum Gasteiger partial charge on any atom is 0.220 e. The maximum absolute atomic E-state index is 11.8. The summed E-state index contributed by atoms with van der Waals surface area (Å²) in [5.74, 6) is 0.425. The predicted molar refractivity (Wildman–Crippen MR) is 64.0 cm³/mol. The molecule has 0 bridgehead atoms. The summed E-state index contributed by atoms with van der Waals surface area (Å²) in [6.07, 6.45) is 4.92. The van der Waals surface area contributed by atoms with E-state index in [4.69, 9.17) is 10.5 Å². The second kappa shape index (κ2) is 6.86. The minimum atomic E-state index is 0.117. The molecule has 0 heterocycles. The van der Waals surface area contributed by atoms with E-state index in [0.29, 0.717) is 18.9 Å². The van der Waals surface area contributed by atoms with Crippen LogP contribution < -0.4 is 11.1 Å². The summed E-state index contributed by atoms with van der Waals surface area (Å²) in [7, 11) is 1.71. The number of nitrogens with one attached hydrogen (secondary N) is 1. The number of carbonyl (C=O) groups is 1. The molecule has 1 aliphatic rings. The molecular formula is C12H24N2O2. The number of amides is 1. The molecular weight excluding hydrogens is 204 g/mol. The first-order valence-corrected chi connectivity index (χ1v) is 6.23. The van der Waals surface area contributed by atoms with E-state index in [1.165, 1.54) is 0 Å². The quantitative estimate of drug-likeness (QED) is 0.714. The zero-order valence-corrected chi connectivity index (χ0v) is 10.4. The van der Waals surface area contributed by atoms with Crippen LogP contribution >= 0.6 is 0 Å². The molecule has 1 fully saturated rings. The number of hydrogen-bond donors (Lipinski definition) is 2. The van der Waals surface area contributed by atoms with Crippen molar-refractivity contribution in [1.29, 1.82) is 0 Å². The Kier molecular flexibility index (Phi) is 5.77. The van der Waals surface area contributed by atoms with E-state index in [2.05, 4.69) is 12.2 Å². The van der Waals surface area contributed by atoms with Crippen molar-refractivity contribution >= 4 is 5.91 Å². The number of nitrogens with two attached hydrogens (primary N) is 1. The summed E-state index contributed by atoms with van der Waals surface area (Å²) in [4.78, 5) is 11.8. The van der Waals surface area contributed by atoms with Gasteiger partial charge in [0.1, 0.15) is 0 Å². The van der Waals surface area contributed by atoms with E-state index < -0.39 is 0 Å². The van der Waals surface area contributed by atoms with Crippen molar-refractivity contribution in [1.82, 2.24) is 5.32 Å². The van der Waals surface area contributed by atoms with E-state index in [1.807, 2.05) is 0 Å². The summed E-state index contributed by atoms with van der Waals surface area (Å²) >= 11 is 0. The molecule has 0 spiro atoms. The molecule has 16 heavy (non-hydrogen) atoms. The topological polar surface area (TPSA) is 64.4 Å². The van der Waals surface area contributed by atoms with Gasteiger partial charge in [0.2, 0.25) is 5.91 Å². The standard InChI is InChI=1S/C12H24N2O2/c1-3-9(8-13)7-12(15)14-10-5-4-6-11(10)16-2/h9-11H,3-8,13H2,1-2H3,(H,14,15). The van der Waals surface area contributed by atoms with E-state index in [-0.39, 0.29) is 18.1 Å². The van der Waals surface area contributed by atoms with E-state index in [1.54, 1.807) is 7.11 Å². The average Bonchev–Trinajstić information content (AvgIpc) is 2.73. The van der Waals surface area contributed by atoms with E-state index in [0.717, 1.165) is 25.7 Å². The van der Waals surface area contributed by atoms with Gasteiger partial charge in [-0.3, -0.25) is 4.79 Å². The van der Waals surface area contributed by atoms with Crippen molar-refractivity contribution in [2.24, 2.45) is 11.7 Å². The molecule has 0 radical (unpaired) electrons. The van der Waals surface area contributed by atoms with Crippen molar-refractivity contribution in [3.63, 3.8) is 0 Å². The highest BCUT2D eigenvalue weighted by molar-refractivity contribution is 5.76. The van der Waals surface area contributed by atoms with Crippen molar-refractivity contribution < 1.29 is 9.53 Å². The Bertz CT molecular complexity index is 217. The summed E-state index contributed by atoms with van der Waals surface area (Å²) < 4.78 is 5.34. The average molecular weight is 228 g/mol. The third-order valence-electron chi connectivity index (χ3n) is 3.49. The number of methoxy groups -OCH3 is 1. The second-order valence-corrected chi connectivity index (χ2v) is 4.59. The first kappa shape index (κ1) is 13.5. The summed E-state index contributed by atoms with van der Waals surface area (Å²) in [5, 5.41) is 3.06. The van der Waals surface area contributed by atoms with Gasteiger partial charge in [-0.15, -0.1) is 0 Å². The van der Waals surface area contributed by atoms with Crippen LogP contribution in [0.4, 0.5) is 0 Å². The van der Waals surface area contributed by atoms with Crippen LogP contribution in [0, 0.1) is 5.92 Å². The SMILES string of the molecule is CCC(CN)CC(=O)NC1CCCC1OC. The van der Waals surface area contributed by atoms with Gasteiger partial charge >= 0.3 is 0 Å². The molecule has 1 aliphatic carbocycles. The first-order chi connectivity index (χ1) is 7.71. The molecule has 1 amide bonds.